The number of aliphatic imine (C=N–C) groups is 1. The molecule has 1 fully saturated rings. The number of carbonyl (C=O) groups is 1. The number of hydrogen-bond donors (Lipinski definition) is 1. The molecule has 0 unspecified atom stereocenters. The number of likely N-dealkylation sites (N-methyl/N-ethyl adjacent to an activating group) is 1. The first-order valence-corrected chi connectivity index (χ1v) is 13.4. The van der Waals surface area contributed by atoms with Gasteiger partial charge >= 0.3 is 0 Å². The second kappa shape index (κ2) is 9.25. The Morgan fingerprint density at radius 3 is 2.78 bits per heavy atom. The van der Waals surface area contributed by atoms with Gasteiger partial charge in [-0.25, -0.2) is 18.1 Å². The number of rotatable bonds is 10. The van der Waals surface area contributed by atoms with Crippen LogP contribution in [0.5, 0.6) is 0 Å². The molecule has 0 bridgehead atoms. The number of hydrogen-bond acceptors (Lipinski definition) is 8. The molecule has 2 aliphatic heterocycles. The lowest BCUT2D eigenvalue weighted by Gasteiger charge is -2.38. The molecule has 1 saturated carbocycles. The van der Waals surface area contributed by atoms with E-state index in [0.29, 0.717) is 25.4 Å². The second-order valence-corrected chi connectivity index (χ2v) is 11.7. The number of aromatic nitrogens is 2. The first kappa shape index (κ1) is 22.4. The van der Waals surface area contributed by atoms with Gasteiger partial charge in [-0.1, -0.05) is 0 Å². The van der Waals surface area contributed by atoms with Gasteiger partial charge in [0.05, 0.1) is 57.4 Å². The van der Waals surface area contributed by atoms with E-state index in [1.807, 2.05) is 25.9 Å². The molecule has 5 rings (SSSR count). The number of fused-ring (bicyclic) bond motifs is 3. The van der Waals surface area contributed by atoms with Crippen LogP contribution in [-0.4, -0.2) is 91.8 Å². The summed E-state index contributed by atoms with van der Waals surface area (Å²) >= 11 is 0. The number of guanidine groups is 1. The summed E-state index contributed by atoms with van der Waals surface area (Å²) in [6, 6.07) is 4.11. The van der Waals surface area contributed by atoms with Crippen molar-refractivity contribution in [1.29, 1.82) is 0 Å². The maximum atomic E-state index is 13.9. The minimum Gasteiger partial charge on any atom is -0.378 e. The average Bonchev–Trinajstić information content (AvgIpc) is 3.20. The zero-order chi connectivity index (χ0) is 27.5. The molecule has 12 heteroatoms. The van der Waals surface area contributed by atoms with Crippen LogP contribution in [0, 0.1) is 0 Å². The van der Waals surface area contributed by atoms with Crippen LogP contribution in [0.2, 0.25) is 0 Å². The Balaban J connectivity index is 1.54. The highest BCUT2D eigenvalue weighted by Crippen LogP contribution is 2.38. The SMILES string of the molecule is [2H]C([2H])(c1cnn(C)c1)N1C(=O)c2cc(S(=O)(=O)NC3(C)CC3)ccc2N2C1=NC[C@H]2COCCN(C)C. The molecular weight excluding hydrogens is 482 g/mol. The fraction of sp³-hybridized carbons (Fsp3) is 0.542. The molecule has 3 heterocycles. The first-order valence-electron chi connectivity index (χ1n) is 12.9. The number of benzene rings is 1. The maximum Gasteiger partial charge on any atom is 0.263 e. The highest BCUT2D eigenvalue weighted by atomic mass is 32.2. The zero-order valence-corrected chi connectivity index (χ0v) is 21.7. The normalized spacial score (nSPS) is 21.8. The number of carbonyl (C=O) groups excluding carboxylic acids is 1. The summed E-state index contributed by atoms with van der Waals surface area (Å²) in [6.07, 6.45) is 4.37. The van der Waals surface area contributed by atoms with Gasteiger partial charge in [-0.3, -0.25) is 14.4 Å². The van der Waals surface area contributed by atoms with Crippen molar-refractivity contribution in [1.82, 2.24) is 24.3 Å². The van der Waals surface area contributed by atoms with Crippen LogP contribution in [-0.2, 0) is 28.3 Å². The van der Waals surface area contributed by atoms with E-state index < -0.39 is 28.0 Å². The van der Waals surface area contributed by atoms with Gasteiger partial charge in [0.15, 0.2) is 0 Å². The number of sulfonamides is 1. The molecular formula is C24H33N7O4S. The zero-order valence-electron chi connectivity index (χ0n) is 22.9. The molecule has 1 aliphatic carbocycles. The summed E-state index contributed by atoms with van der Waals surface area (Å²) in [5, 5.41) is 4.07. The summed E-state index contributed by atoms with van der Waals surface area (Å²) in [5.41, 5.74) is 0.257. The van der Waals surface area contributed by atoms with Gasteiger partial charge in [0, 0.05) is 30.9 Å². The largest absolute Gasteiger partial charge is 0.378 e. The van der Waals surface area contributed by atoms with Crippen LogP contribution < -0.4 is 9.62 Å². The molecule has 0 radical (unpaired) electrons. The monoisotopic (exact) mass is 517 g/mol. The molecule has 1 aromatic carbocycles. The molecule has 2 aromatic rings. The fourth-order valence-electron chi connectivity index (χ4n) is 4.24. The second-order valence-electron chi connectivity index (χ2n) is 10.0. The van der Waals surface area contributed by atoms with Crippen molar-refractivity contribution in [2.24, 2.45) is 12.0 Å². The standard InChI is InChI=1S/C24H33N7O4S/c1-24(7-8-24)27-36(33,34)19-5-6-21-20(11-19)22(32)30(15-17-12-26-29(4)14-17)23-25-13-18(31(21)23)16-35-10-9-28(2)3/h5-6,11-12,14,18,27H,7-10,13,15-16H2,1-4H3/t18-/m0/s1/i15D2. The maximum absolute atomic E-state index is 13.9. The topological polar surface area (TPSA) is 112 Å². The van der Waals surface area contributed by atoms with E-state index in [2.05, 4.69) is 14.8 Å². The molecule has 3 aliphatic rings. The van der Waals surface area contributed by atoms with Gasteiger partial charge in [-0.15, -0.1) is 0 Å². The number of nitrogens with one attached hydrogen (secondary N) is 1. The summed E-state index contributed by atoms with van der Waals surface area (Å²) in [5.74, 6) is -0.510. The van der Waals surface area contributed by atoms with Crippen LogP contribution in [0.15, 0.2) is 40.5 Å². The minimum atomic E-state index is -3.88. The molecule has 194 valence electrons. The third kappa shape index (κ3) is 4.90. The summed E-state index contributed by atoms with van der Waals surface area (Å²) in [4.78, 5) is 23.2. The van der Waals surface area contributed by atoms with Crippen LogP contribution in [0.4, 0.5) is 5.69 Å². The molecule has 1 N–H and O–H groups in total. The Morgan fingerprint density at radius 1 is 1.33 bits per heavy atom. The highest BCUT2D eigenvalue weighted by molar-refractivity contribution is 7.89. The van der Waals surface area contributed by atoms with Crippen LogP contribution in [0.1, 0.15) is 38.4 Å². The van der Waals surface area contributed by atoms with Crippen molar-refractivity contribution in [2.45, 2.75) is 42.7 Å². The van der Waals surface area contributed by atoms with E-state index >= 15 is 0 Å². The number of anilines is 1. The lowest BCUT2D eigenvalue weighted by Crippen LogP contribution is -2.53. The summed E-state index contributed by atoms with van der Waals surface area (Å²) < 4.78 is 54.2. The van der Waals surface area contributed by atoms with Crippen molar-refractivity contribution in [2.75, 3.05) is 45.3 Å². The van der Waals surface area contributed by atoms with Crippen molar-refractivity contribution in [3.05, 3.63) is 41.7 Å². The van der Waals surface area contributed by atoms with Crippen molar-refractivity contribution < 1.29 is 20.7 Å². The van der Waals surface area contributed by atoms with Crippen LogP contribution >= 0.6 is 0 Å². The number of aryl methyl sites for hydroxylation is 1. The number of ether oxygens (including phenoxy) is 1. The Hall–Kier alpha value is -2.80. The fourth-order valence-corrected chi connectivity index (χ4v) is 5.73. The third-order valence-electron chi connectivity index (χ3n) is 6.52. The van der Waals surface area contributed by atoms with Gasteiger partial charge in [-0.05, 0) is 52.1 Å². The van der Waals surface area contributed by atoms with Crippen molar-refractivity contribution in [3.63, 3.8) is 0 Å². The summed E-state index contributed by atoms with van der Waals surface area (Å²) in [7, 11) is 1.69. The van der Waals surface area contributed by atoms with E-state index in [-0.39, 0.29) is 28.0 Å². The Bertz CT molecular complexity index is 1390. The average molecular weight is 518 g/mol. The molecule has 11 nitrogen and oxygen atoms in total. The smallest absolute Gasteiger partial charge is 0.263 e. The first-order chi connectivity index (χ1) is 17.8. The number of nitrogens with zero attached hydrogens (tertiary/aromatic N) is 6. The van der Waals surface area contributed by atoms with E-state index in [0.717, 1.165) is 24.3 Å². The lowest BCUT2D eigenvalue weighted by atomic mass is 10.1. The van der Waals surface area contributed by atoms with Gasteiger partial charge in [0.2, 0.25) is 16.0 Å². The molecule has 36 heavy (non-hydrogen) atoms. The number of amides is 1. The van der Waals surface area contributed by atoms with E-state index in [9.17, 15) is 13.2 Å². The van der Waals surface area contributed by atoms with E-state index in [1.54, 1.807) is 18.0 Å². The van der Waals surface area contributed by atoms with Gasteiger partial charge in [0.25, 0.3) is 5.91 Å². The van der Waals surface area contributed by atoms with Gasteiger partial charge in [-0.2, -0.15) is 5.10 Å². The van der Waals surface area contributed by atoms with Crippen LogP contribution in [0.25, 0.3) is 0 Å². The van der Waals surface area contributed by atoms with Gasteiger partial charge < -0.3 is 14.5 Å². The lowest BCUT2D eigenvalue weighted by molar-refractivity contribution is 0.0827. The highest BCUT2D eigenvalue weighted by Gasteiger charge is 2.44. The minimum absolute atomic E-state index is 0.0435. The molecule has 0 spiro atoms. The molecule has 1 amide bonds. The van der Waals surface area contributed by atoms with Crippen molar-refractivity contribution >= 4 is 27.6 Å². The molecule has 1 atom stereocenters. The third-order valence-corrected chi connectivity index (χ3v) is 8.15. The predicted molar refractivity (Wildman–Crippen MR) is 135 cm³/mol. The quantitative estimate of drug-likeness (QED) is 0.469. The Morgan fingerprint density at radius 2 is 2.11 bits per heavy atom. The molecule has 1 aromatic heterocycles. The Kier molecular flexibility index (Phi) is 5.76. The van der Waals surface area contributed by atoms with Gasteiger partial charge in [0.1, 0.15) is 0 Å². The Labute approximate surface area is 214 Å². The van der Waals surface area contributed by atoms with E-state index in [1.165, 1.54) is 29.2 Å². The van der Waals surface area contributed by atoms with Crippen LogP contribution in [0.3, 0.4) is 0 Å². The predicted octanol–water partition coefficient (Wildman–Crippen LogP) is 1.03. The van der Waals surface area contributed by atoms with Crippen molar-refractivity contribution in [3.8, 4) is 0 Å². The van der Waals surface area contributed by atoms with E-state index in [4.69, 9.17) is 7.48 Å². The summed E-state index contributed by atoms with van der Waals surface area (Å²) in [6.45, 7) is 1.38. The molecule has 0 saturated heterocycles.